The van der Waals surface area contributed by atoms with Crippen LogP contribution in [0.4, 0.5) is 0 Å². The second-order valence-corrected chi connectivity index (χ2v) is 4.66. The molecule has 19 heavy (non-hydrogen) atoms. The maximum atomic E-state index is 10.9. The fourth-order valence-corrected chi connectivity index (χ4v) is 2.31. The van der Waals surface area contributed by atoms with Crippen molar-refractivity contribution in [3.63, 3.8) is 0 Å². The van der Waals surface area contributed by atoms with Gasteiger partial charge in [0, 0.05) is 6.07 Å². The highest BCUT2D eigenvalue weighted by Crippen LogP contribution is 2.44. The van der Waals surface area contributed by atoms with E-state index in [0.29, 0.717) is 23.7 Å². The Morgan fingerprint density at radius 3 is 2.21 bits per heavy atom. The summed E-state index contributed by atoms with van der Waals surface area (Å²) in [5, 5.41) is 8.94. The summed E-state index contributed by atoms with van der Waals surface area (Å²) in [6.07, 6.45) is 1.41. The first kappa shape index (κ1) is 13.5. The first-order valence-electron chi connectivity index (χ1n) is 6.12. The first-order chi connectivity index (χ1) is 9.10. The van der Waals surface area contributed by atoms with Crippen molar-refractivity contribution in [2.24, 2.45) is 11.8 Å². The number of methoxy groups -OCH3 is 3. The molecule has 2 unspecified atom stereocenters. The Bertz CT molecular complexity index is 483. The van der Waals surface area contributed by atoms with Crippen LogP contribution in [-0.4, -0.2) is 32.4 Å². The molecule has 2 rings (SSSR count). The number of rotatable bonds is 6. The van der Waals surface area contributed by atoms with Gasteiger partial charge in [-0.2, -0.15) is 0 Å². The van der Waals surface area contributed by atoms with Gasteiger partial charge in [-0.25, -0.2) is 0 Å². The number of carboxylic acid groups (broad SMARTS) is 1. The number of ether oxygens (including phenoxy) is 3. The van der Waals surface area contributed by atoms with E-state index >= 15 is 0 Å². The zero-order chi connectivity index (χ0) is 14.0. The van der Waals surface area contributed by atoms with Gasteiger partial charge in [0.1, 0.15) is 5.75 Å². The molecule has 0 spiro atoms. The summed E-state index contributed by atoms with van der Waals surface area (Å²) in [7, 11) is 4.73. The number of hydrogen-bond acceptors (Lipinski definition) is 4. The molecular weight excluding hydrogens is 248 g/mol. The van der Waals surface area contributed by atoms with Gasteiger partial charge in [-0.3, -0.25) is 4.79 Å². The molecule has 1 fully saturated rings. The van der Waals surface area contributed by atoms with E-state index in [-0.39, 0.29) is 11.8 Å². The third-order valence-electron chi connectivity index (χ3n) is 3.51. The molecule has 1 aliphatic rings. The van der Waals surface area contributed by atoms with Gasteiger partial charge < -0.3 is 19.3 Å². The van der Waals surface area contributed by atoms with Gasteiger partial charge in [-0.05, 0) is 30.4 Å². The predicted octanol–water partition coefficient (Wildman–Crippen LogP) is 1.98. The number of carboxylic acids is 1. The molecule has 0 saturated heterocycles. The maximum absolute atomic E-state index is 10.9. The third-order valence-corrected chi connectivity index (χ3v) is 3.51. The zero-order valence-corrected chi connectivity index (χ0v) is 11.3. The molecule has 5 heteroatoms. The number of aliphatic carboxylic acids is 1. The van der Waals surface area contributed by atoms with Gasteiger partial charge >= 0.3 is 5.97 Å². The van der Waals surface area contributed by atoms with E-state index in [1.165, 1.54) is 0 Å². The summed E-state index contributed by atoms with van der Waals surface area (Å²) in [6, 6.07) is 3.63. The second kappa shape index (κ2) is 5.38. The molecule has 0 amide bonds. The van der Waals surface area contributed by atoms with Crippen molar-refractivity contribution in [3.8, 4) is 17.2 Å². The SMILES string of the molecule is COc1cc(OC)c(OC)cc1CC1CC1C(=O)O. The topological polar surface area (TPSA) is 65.0 Å². The Labute approximate surface area is 112 Å². The minimum atomic E-state index is -0.718. The lowest BCUT2D eigenvalue weighted by molar-refractivity contribution is -0.138. The van der Waals surface area contributed by atoms with Crippen LogP contribution in [0.15, 0.2) is 12.1 Å². The van der Waals surface area contributed by atoms with Crippen LogP contribution in [0.1, 0.15) is 12.0 Å². The first-order valence-corrected chi connectivity index (χ1v) is 6.12. The van der Waals surface area contributed by atoms with Crippen LogP contribution in [-0.2, 0) is 11.2 Å². The van der Waals surface area contributed by atoms with Crippen LogP contribution in [0.5, 0.6) is 17.2 Å². The van der Waals surface area contributed by atoms with E-state index in [4.69, 9.17) is 19.3 Å². The molecule has 104 valence electrons. The molecule has 0 aromatic heterocycles. The molecule has 1 N–H and O–H groups in total. The fourth-order valence-electron chi connectivity index (χ4n) is 2.31. The third kappa shape index (κ3) is 2.75. The van der Waals surface area contributed by atoms with Gasteiger partial charge in [-0.1, -0.05) is 0 Å². The highest BCUT2D eigenvalue weighted by molar-refractivity contribution is 5.73. The minimum absolute atomic E-state index is 0.185. The molecule has 0 bridgehead atoms. The Morgan fingerprint density at radius 1 is 1.16 bits per heavy atom. The van der Waals surface area contributed by atoms with E-state index in [0.717, 1.165) is 12.0 Å². The lowest BCUT2D eigenvalue weighted by Crippen LogP contribution is -2.03. The summed E-state index contributed by atoms with van der Waals surface area (Å²) in [6.45, 7) is 0. The molecule has 0 radical (unpaired) electrons. The zero-order valence-electron chi connectivity index (χ0n) is 11.3. The highest BCUT2D eigenvalue weighted by Gasteiger charge is 2.43. The van der Waals surface area contributed by atoms with Gasteiger partial charge in [-0.15, -0.1) is 0 Å². The summed E-state index contributed by atoms with van der Waals surface area (Å²) in [4.78, 5) is 10.9. The largest absolute Gasteiger partial charge is 0.496 e. The molecule has 5 nitrogen and oxygen atoms in total. The van der Waals surface area contributed by atoms with E-state index in [1.807, 2.05) is 6.07 Å². The van der Waals surface area contributed by atoms with E-state index < -0.39 is 5.97 Å². The molecule has 1 aromatic carbocycles. The van der Waals surface area contributed by atoms with Crippen molar-refractivity contribution < 1.29 is 24.1 Å². The van der Waals surface area contributed by atoms with Crippen LogP contribution in [0, 0.1) is 11.8 Å². The Hall–Kier alpha value is -1.91. The van der Waals surface area contributed by atoms with Gasteiger partial charge in [0.25, 0.3) is 0 Å². The summed E-state index contributed by atoms with van der Waals surface area (Å²) in [5.74, 6) is 1.18. The van der Waals surface area contributed by atoms with Crippen LogP contribution in [0.2, 0.25) is 0 Å². The minimum Gasteiger partial charge on any atom is -0.496 e. The predicted molar refractivity (Wildman–Crippen MR) is 69.0 cm³/mol. The van der Waals surface area contributed by atoms with Crippen LogP contribution < -0.4 is 14.2 Å². The maximum Gasteiger partial charge on any atom is 0.306 e. The number of hydrogen-bond donors (Lipinski definition) is 1. The molecule has 1 saturated carbocycles. The summed E-state index contributed by atoms with van der Waals surface area (Å²) in [5.41, 5.74) is 0.953. The van der Waals surface area contributed by atoms with Crippen molar-refractivity contribution in [1.82, 2.24) is 0 Å². The number of carbonyl (C=O) groups is 1. The Balaban J connectivity index is 2.22. The average Bonchev–Trinajstić information content (AvgIpc) is 3.17. The van der Waals surface area contributed by atoms with E-state index in [1.54, 1.807) is 27.4 Å². The second-order valence-electron chi connectivity index (χ2n) is 4.66. The molecular formula is C14H18O5. The quantitative estimate of drug-likeness (QED) is 0.852. The van der Waals surface area contributed by atoms with Gasteiger partial charge in [0.15, 0.2) is 11.5 Å². The van der Waals surface area contributed by atoms with Crippen molar-refractivity contribution in [3.05, 3.63) is 17.7 Å². The van der Waals surface area contributed by atoms with Crippen LogP contribution >= 0.6 is 0 Å². The monoisotopic (exact) mass is 266 g/mol. The van der Waals surface area contributed by atoms with Crippen molar-refractivity contribution >= 4 is 5.97 Å². The smallest absolute Gasteiger partial charge is 0.306 e. The van der Waals surface area contributed by atoms with E-state index in [2.05, 4.69) is 0 Å². The van der Waals surface area contributed by atoms with Crippen molar-refractivity contribution in [2.75, 3.05) is 21.3 Å². The normalized spacial score (nSPS) is 20.8. The highest BCUT2D eigenvalue weighted by atomic mass is 16.5. The lowest BCUT2D eigenvalue weighted by atomic mass is 10.1. The number of benzene rings is 1. The molecule has 0 aliphatic heterocycles. The van der Waals surface area contributed by atoms with Crippen LogP contribution in [0.3, 0.4) is 0 Å². The molecule has 2 atom stereocenters. The molecule has 1 aliphatic carbocycles. The summed E-state index contributed by atoms with van der Waals surface area (Å²) < 4.78 is 15.8. The van der Waals surface area contributed by atoms with Crippen molar-refractivity contribution in [1.29, 1.82) is 0 Å². The Morgan fingerprint density at radius 2 is 1.74 bits per heavy atom. The van der Waals surface area contributed by atoms with Crippen LogP contribution in [0.25, 0.3) is 0 Å². The van der Waals surface area contributed by atoms with Gasteiger partial charge in [0.05, 0.1) is 27.2 Å². The summed E-state index contributed by atoms with van der Waals surface area (Å²) >= 11 is 0. The van der Waals surface area contributed by atoms with Crippen molar-refractivity contribution in [2.45, 2.75) is 12.8 Å². The average molecular weight is 266 g/mol. The fraction of sp³-hybridized carbons (Fsp3) is 0.500. The molecule has 1 aromatic rings. The standard InChI is InChI=1S/C14H18O5/c1-17-11-7-13(19-3)12(18-2)6-9(11)4-8-5-10(8)14(15)16/h6-8,10H,4-5H2,1-3H3,(H,15,16). The van der Waals surface area contributed by atoms with E-state index in [9.17, 15) is 4.79 Å². The molecule has 0 heterocycles. The van der Waals surface area contributed by atoms with Gasteiger partial charge in [0.2, 0.25) is 0 Å². The Kier molecular flexibility index (Phi) is 3.83. The lowest BCUT2D eigenvalue weighted by Gasteiger charge is -2.13.